The Balaban J connectivity index is 1.69. The van der Waals surface area contributed by atoms with Gasteiger partial charge >= 0.3 is 0 Å². The summed E-state index contributed by atoms with van der Waals surface area (Å²) in [6, 6.07) is 0.540. The first-order chi connectivity index (χ1) is 9.65. The van der Waals surface area contributed by atoms with Crippen molar-refractivity contribution in [3.05, 3.63) is 0 Å². The highest BCUT2D eigenvalue weighted by molar-refractivity contribution is 5.78. The second-order valence-corrected chi connectivity index (χ2v) is 6.46. The van der Waals surface area contributed by atoms with Gasteiger partial charge in [-0.15, -0.1) is 0 Å². The Morgan fingerprint density at radius 2 is 2.10 bits per heavy atom. The highest BCUT2D eigenvalue weighted by Gasteiger charge is 2.37. The zero-order valence-corrected chi connectivity index (χ0v) is 12.9. The average Bonchev–Trinajstić information content (AvgIpc) is 2.42. The maximum absolute atomic E-state index is 12.1. The normalized spacial score (nSPS) is 22.6. The fourth-order valence-electron chi connectivity index (χ4n) is 3.30. The van der Waals surface area contributed by atoms with Crippen LogP contribution in [0.15, 0.2) is 0 Å². The summed E-state index contributed by atoms with van der Waals surface area (Å²) >= 11 is 0. The van der Waals surface area contributed by atoms with Gasteiger partial charge in [0.25, 0.3) is 0 Å². The molecule has 1 amide bonds. The van der Waals surface area contributed by atoms with E-state index in [1.165, 1.54) is 19.3 Å². The Morgan fingerprint density at radius 1 is 1.40 bits per heavy atom. The number of carbonyl (C=O) groups is 1. The number of likely N-dealkylation sites (N-methyl/N-ethyl adjacent to an activating group) is 1. The van der Waals surface area contributed by atoms with E-state index in [0.29, 0.717) is 12.6 Å². The van der Waals surface area contributed by atoms with E-state index < -0.39 is 0 Å². The van der Waals surface area contributed by atoms with Gasteiger partial charge in [0.05, 0.1) is 13.2 Å². The van der Waals surface area contributed by atoms with Crippen LogP contribution in [0.1, 0.15) is 32.1 Å². The van der Waals surface area contributed by atoms with E-state index in [4.69, 9.17) is 4.74 Å². The van der Waals surface area contributed by atoms with Gasteiger partial charge in [0.15, 0.2) is 0 Å². The van der Waals surface area contributed by atoms with Gasteiger partial charge < -0.3 is 15.4 Å². The Hall–Kier alpha value is -0.650. The van der Waals surface area contributed by atoms with E-state index in [9.17, 15) is 4.79 Å². The van der Waals surface area contributed by atoms with E-state index in [2.05, 4.69) is 22.6 Å². The summed E-state index contributed by atoms with van der Waals surface area (Å²) in [4.78, 5) is 14.3. The molecule has 1 heterocycles. The largest absolute Gasteiger partial charge is 0.384 e. The summed E-state index contributed by atoms with van der Waals surface area (Å²) in [5.74, 6) is 0.147. The monoisotopic (exact) mass is 283 g/mol. The fourth-order valence-corrected chi connectivity index (χ4v) is 3.30. The molecular weight excluding hydrogens is 254 g/mol. The lowest BCUT2D eigenvalue weighted by Crippen LogP contribution is -2.49. The topological polar surface area (TPSA) is 53.6 Å². The van der Waals surface area contributed by atoms with Crippen LogP contribution in [-0.2, 0) is 9.53 Å². The molecule has 20 heavy (non-hydrogen) atoms. The number of hydrogen-bond donors (Lipinski definition) is 2. The summed E-state index contributed by atoms with van der Waals surface area (Å²) in [7, 11) is 3.80. The van der Waals surface area contributed by atoms with Crippen molar-refractivity contribution in [2.75, 3.05) is 46.9 Å². The predicted octanol–water partition coefficient (Wildman–Crippen LogP) is 0.603. The Morgan fingerprint density at radius 3 is 2.65 bits per heavy atom. The molecule has 0 unspecified atom stereocenters. The van der Waals surface area contributed by atoms with Crippen molar-refractivity contribution in [2.45, 2.75) is 38.1 Å². The maximum atomic E-state index is 12.1. The van der Waals surface area contributed by atoms with Gasteiger partial charge in [0, 0.05) is 25.1 Å². The second kappa shape index (κ2) is 7.38. The third-order valence-corrected chi connectivity index (χ3v) is 4.85. The number of nitrogens with zero attached hydrogens (tertiary/aromatic N) is 1. The Kier molecular flexibility index (Phi) is 5.81. The standard InChI is InChI=1S/C15H29N3O2/c1-18(13-4-8-16-9-5-13)10-14(19)17-11-15(12-20-2)6-3-7-15/h13,16H,3-12H2,1-2H3,(H,17,19). The number of rotatable bonds is 7. The van der Waals surface area contributed by atoms with Crippen molar-refractivity contribution in [3.8, 4) is 0 Å². The molecule has 2 N–H and O–H groups in total. The lowest BCUT2D eigenvalue weighted by Gasteiger charge is -2.41. The lowest BCUT2D eigenvalue weighted by atomic mass is 9.69. The molecule has 2 rings (SSSR count). The van der Waals surface area contributed by atoms with Gasteiger partial charge in [-0.1, -0.05) is 6.42 Å². The first-order valence-electron chi connectivity index (χ1n) is 7.82. The minimum absolute atomic E-state index is 0.147. The average molecular weight is 283 g/mol. The zero-order chi connectivity index (χ0) is 14.4. The smallest absolute Gasteiger partial charge is 0.234 e. The summed E-state index contributed by atoms with van der Waals surface area (Å²) in [5.41, 5.74) is 0.206. The third-order valence-electron chi connectivity index (χ3n) is 4.85. The maximum Gasteiger partial charge on any atom is 0.234 e. The van der Waals surface area contributed by atoms with Crippen molar-refractivity contribution >= 4 is 5.91 Å². The van der Waals surface area contributed by atoms with Crippen molar-refractivity contribution in [1.29, 1.82) is 0 Å². The van der Waals surface area contributed by atoms with E-state index in [0.717, 1.165) is 39.1 Å². The van der Waals surface area contributed by atoms with E-state index in [1.807, 2.05) is 0 Å². The SMILES string of the molecule is COCC1(CNC(=O)CN(C)C2CCNCC2)CCC1. The molecule has 2 fully saturated rings. The molecule has 1 aliphatic carbocycles. The molecule has 1 saturated heterocycles. The van der Waals surface area contributed by atoms with E-state index in [1.54, 1.807) is 7.11 Å². The van der Waals surface area contributed by atoms with Crippen molar-refractivity contribution in [3.63, 3.8) is 0 Å². The van der Waals surface area contributed by atoms with Gasteiger partial charge in [0.1, 0.15) is 0 Å². The van der Waals surface area contributed by atoms with Crippen LogP contribution in [0, 0.1) is 5.41 Å². The molecule has 0 aromatic heterocycles. The van der Waals surface area contributed by atoms with Crippen molar-refractivity contribution < 1.29 is 9.53 Å². The summed E-state index contributed by atoms with van der Waals surface area (Å²) < 4.78 is 5.29. The summed E-state index contributed by atoms with van der Waals surface area (Å²) in [6.07, 6.45) is 5.87. The van der Waals surface area contributed by atoms with Crippen LogP contribution < -0.4 is 10.6 Å². The molecule has 5 heteroatoms. The fraction of sp³-hybridized carbons (Fsp3) is 0.933. The molecule has 0 aromatic carbocycles. The molecule has 116 valence electrons. The predicted molar refractivity (Wildman–Crippen MR) is 79.7 cm³/mol. The number of methoxy groups -OCH3 is 1. The van der Waals surface area contributed by atoms with Crippen LogP contribution in [0.4, 0.5) is 0 Å². The summed E-state index contributed by atoms with van der Waals surface area (Å²) in [6.45, 7) is 4.16. The number of piperidine rings is 1. The van der Waals surface area contributed by atoms with Crippen LogP contribution >= 0.6 is 0 Å². The molecule has 0 aromatic rings. The van der Waals surface area contributed by atoms with Crippen molar-refractivity contribution in [2.24, 2.45) is 5.41 Å². The second-order valence-electron chi connectivity index (χ2n) is 6.46. The van der Waals surface area contributed by atoms with Gasteiger partial charge in [-0.2, -0.15) is 0 Å². The molecular formula is C15H29N3O2. The molecule has 0 bridgehead atoms. The van der Waals surface area contributed by atoms with E-state index in [-0.39, 0.29) is 11.3 Å². The Labute approximate surface area is 122 Å². The van der Waals surface area contributed by atoms with Crippen LogP contribution in [0.5, 0.6) is 0 Å². The van der Waals surface area contributed by atoms with Crippen LogP contribution in [0.25, 0.3) is 0 Å². The molecule has 0 spiro atoms. The van der Waals surface area contributed by atoms with Crippen molar-refractivity contribution in [1.82, 2.24) is 15.5 Å². The number of hydrogen-bond acceptors (Lipinski definition) is 4. The Bertz CT molecular complexity index is 312. The molecule has 2 aliphatic rings. The minimum atomic E-state index is 0.147. The molecule has 0 radical (unpaired) electrons. The first-order valence-corrected chi connectivity index (χ1v) is 7.82. The molecule has 5 nitrogen and oxygen atoms in total. The van der Waals surface area contributed by atoms with Gasteiger partial charge in [-0.05, 0) is 45.8 Å². The summed E-state index contributed by atoms with van der Waals surface area (Å²) in [5, 5.41) is 6.46. The third kappa shape index (κ3) is 4.17. The first kappa shape index (κ1) is 15.7. The van der Waals surface area contributed by atoms with E-state index >= 15 is 0 Å². The number of ether oxygens (including phenoxy) is 1. The van der Waals surface area contributed by atoms with Crippen LogP contribution in [0.2, 0.25) is 0 Å². The molecule has 0 atom stereocenters. The van der Waals surface area contributed by atoms with Crippen LogP contribution in [-0.4, -0.2) is 63.8 Å². The highest BCUT2D eigenvalue weighted by Crippen LogP contribution is 2.40. The minimum Gasteiger partial charge on any atom is -0.384 e. The zero-order valence-electron chi connectivity index (χ0n) is 12.9. The number of carbonyl (C=O) groups excluding carboxylic acids is 1. The van der Waals surface area contributed by atoms with Gasteiger partial charge in [-0.3, -0.25) is 9.69 Å². The molecule has 1 saturated carbocycles. The van der Waals surface area contributed by atoms with Crippen LogP contribution in [0.3, 0.4) is 0 Å². The molecule has 1 aliphatic heterocycles. The van der Waals surface area contributed by atoms with Gasteiger partial charge in [-0.25, -0.2) is 0 Å². The highest BCUT2D eigenvalue weighted by atomic mass is 16.5. The number of amides is 1. The quantitative estimate of drug-likeness (QED) is 0.718. The lowest BCUT2D eigenvalue weighted by molar-refractivity contribution is -0.123. The number of nitrogens with one attached hydrogen (secondary N) is 2. The van der Waals surface area contributed by atoms with Gasteiger partial charge in [0.2, 0.25) is 5.91 Å².